The summed E-state index contributed by atoms with van der Waals surface area (Å²) >= 11 is 3.77. The lowest BCUT2D eigenvalue weighted by atomic mass is 9.88. The van der Waals surface area contributed by atoms with Gasteiger partial charge in [-0.15, -0.1) is 0 Å². The van der Waals surface area contributed by atoms with Crippen LogP contribution in [0.4, 0.5) is 0 Å². The molecule has 3 nitrogen and oxygen atoms in total. The van der Waals surface area contributed by atoms with E-state index < -0.39 is 0 Å². The van der Waals surface area contributed by atoms with Crippen LogP contribution in [0.25, 0.3) is 0 Å². The molecule has 1 atom stereocenters. The van der Waals surface area contributed by atoms with Crippen LogP contribution in [0.2, 0.25) is 0 Å². The van der Waals surface area contributed by atoms with Crippen molar-refractivity contribution in [3.05, 3.63) is 21.7 Å². The summed E-state index contributed by atoms with van der Waals surface area (Å²) in [6.45, 7) is 4.10. The van der Waals surface area contributed by atoms with Crippen molar-refractivity contribution in [2.45, 2.75) is 31.7 Å². The predicted octanol–water partition coefficient (Wildman–Crippen LogP) is 2.99. The summed E-state index contributed by atoms with van der Waals surface area (Å²) in [6, 6.07) is 2.12. The Kier molecular flexibility index (Phi) is 3.02. The molecular formula is C14H18BrNO2. The predicted molar refractivity (Wildman–Crippen MR) is 74.5 cm³/mol. The van der Waals surface area contributed by atoms with Crippen LogP contribution in [-0.4, -0.2) is 20.3 Å². The first-order valence-corrected chi connectivity index (χ1v) is 7.23. The smallest absolute Gasteiger partial charge is 0.165 e. The molecule has 1 fully saturated rings. The molecule has 18 heavy (non-hydrogen) atoms. The summed E-state index contributed by atoms with van der Waals surface area (Å²) in [5, 5.41) is 3.61. The molecule has 3 rings (SSSR count). The molecule has 1 aromatic carbocycles. The van der Waals surface area contributed by atoms with E-state index in [0.29, 0.717) is 0 Å². The van der Waals surface area contributed by atoms with Gasteiger partial charge in [0.25, 0.3) is 0 Å². The summed E-state index contributed by atoms with van der Waals surface area (Å²) in [5.41, 5.74) is 2.59. The quantitative estimate of drug-likeness (QED) is 0.911. The van der Waals surface area contributed by atoms with E-state index in [2.05, 4.69) is 34.2 Å². The molecule has 1 aromatic rings. The maximum absolute atomic E-state index is 5.68. The number of hydrogen-bond acceptors (Lipinski definition) is 3. The number of nitrogens with one attached hydrogen (secondary N) is 1. The number of methoxy groups -OCH3 is 1. The van der Waals surface area contributed by atoms with E-state index in [4.69, 9.17) is 9.47 Å². The Bertz CT molecular complexity index is 481. The van der Waals surface area contributed by atoms with Crippen LogP contribution in [-0.2, 0) is 12.0 Å². The minimum atomic E-state index is 0.0454. The van der Waals surface area contributed by atoms with Crippen LogP contribution in [0.1, 0.15) is 30.9 Å². The normalized spacial score (nSPS) is 25.9. The highest BCUT2D eigenvalue weighted by Crippen LogP contribution is 2.46. The third-order valence-corrected chi connectivity index (χ3v) is 4.96. The van der Waals surface area contributed by atoms with Gasteiger partial charge in [-0.2, -0.15) is 0 Å². The molecule has 0 aliphatic carbocycles. The monoisotopic (exact) mass is 311 g/mol. The van der Waals surface area contributed by atoms with Gasteiger partial charge in [0.15, 0.2) is 11.5 Å². The highest BCUT2D eigenvalue weighted by atomic mass is 79.9. The van der Waals surface area contributed by atoms with Gasteiger partial charge in [-0.3, -0.25) is 0 Å². The van der Waals surface area contributed by atoms with Crippen LogP contribution in [0.3, 0.4) is 0 Å². The molecule has 0 radical (unpaired) electrons. The highest BCUT2D eigenvalue weighted by Gasteiger charge is 2.35. The molecule has 1 saturated heterocycles. The molecule has 0 amide bonds. The summed E-state index contributed by atoms with van der Waals surface area (Å²) in [4.78, 5) is 0. The minimum absolute atomic E-state index is 0.0454. The first-order chi connectivity index (χ1) is 8.65. The third kappa shape index (κ3) is 1.74. The number of ether oxygens (including phenoxy) is 2. The Morgan fingerprint density at radius 2 is 2.33 bits per heavy atom. The molecule has 0 saturated carbocycles. The second-order valence-corrected chi connectivity index (χ2v) is 6.00. The molecule has 2 aliphatic rings. The molecule has 98 valence electrons. The van der Waals surface area contributed by atoms with E-state index in [9.17, 15) is 0 Å². The highest BCUT2D eigenvalue weighted by molar-refractivity contribution is 9.10. The van der Waals surface area contributed by atoms with E-state index in [1.807, 2.05) is 0 Å². The van der Waals surface area contributed by atoms with Crippen molar-refractivity contribution in [1.29, 1.82) is 0 Å². The molecule has 0 spiro atoms. The van der Waals surface area contributed by atoms with E-state index >= 15 is 0 Å². The van der Waals surface area contributed by atoms with E-state index in [1.54, 1.807) is 7.11 Å². The van der Waals surface area contributed by atoms with Crippen LogP contribution in [0.5, 0.6) is 11.5 Å². The molecule has 2 aliphatic heterocycles. The van der Waals surface area contributed by atoms with Crippen molar-refractivity contribution in [2.24, 2.45) is 0 Å². The van der Waals surface area contributed by atoms with Gasteiger partial charge < -0.3 is 14.8 Å². The lowest BCUT2D eigenvalue weighted by molar-refractivity contribution is 0.325. The molecule has 2 heterocycles. The largest absolute Gasteiger partial charge is 0.493 e. The number of rotatable bonds is 2. The van der Waals surface area contributed by atoms with E-state index in [1.165, 1.54) is 22.0 Å². The Labute approximate surface area is 116 Å². The van der Waals surface area contributed by atoms with Crippen LogP contribution in [0.15, 0.2) is 10.5 Å². The summed E-state index contributed by atoms with van der Waals surface area (Å²) in [5.74, 6) is 1.77. The average Bonchev–Trinajstić information content (AvgIpc) is 2.99. The van der Waals surface area contributed by atoms with Crippen molar-refractivity contribution in [2.75, 3.05) is 20.3 Å². The van der Waals surface area contributed by atoms with E-state index in [0.717, 1.165) is 37.5 Å². The van der Waals surface area contributed by atoms with Gasteiger partial charge in [-0.05, 0) is 37.9 Å². The first-order valence-electron chi connectivity index (χ1n) is 6.43. The molecule has 1 N–H and O–H groups in total. The fourth-order valence-corrected chi connectivity index (χ4v) is 3.92. The maximum atomic E-state index is 5.68. The van der Waals surface area contributed by atoms with Gasteiger partial charge in [-0.1, -0.05) is 15.9 Å². The van der Waals surface area contributed by atoms with Crippen LogP contribution in [0, 0.1) is 0 Å². The zero-order valence-corrected chi connectivity index (χ0v) is 12.4. The number of benzene rings is 1. The number of halogens is 1. The Balaban J connectivity index is 2.15. The zero-order chi connectivity index (χ0) is 12.8. The lowest BCUT2D eigenvalue weighted by Crippen LogP contribution is -2.33. The molecule has 0 aromatic heterocycles. The Hall–Kier alpha value is -0.740. The Morgan fingerprint density at radius 3 is 3.00 bits per heavy atom. The lowest BCUT2D eigenvalue weighted by Gasteiger charge is -2.28. The van der Waals surface area contributed by atoms with E-state index in [-0.39, 0.29) is 5.54 Å². The maximum Gasteiger partial charge on any atom is 0.165 e. The van der Waals surface area contributed by atoms with Gasteiger partial charge in [0.1, 0.15) is 0 Å². The fraction of sp³-hybridized carbons (Fsp3) is 0.571. The molecular weight excluding hydrogens is 294 g/mol. The standard InChI is InChI=1S/C14H18BrNO2/c1-14(5-3-6-16-14)10-8-11(17-2)13-9(12(10)15)4-7-18-13/h8,16H,3-7H2,1-2H3. The van der Waals surface area contributed by atoms with Crippen LogP contribution < -0.4 is 14.8 Å². The second-order valence-electron chi connectivity index (χ2n) is 5.21. The fourth-order valence-electron chi connectivity index (χ4n) is 2.99. The first kappa shape index (κ1) is 12.3. The minimum Gasteiger partial charge on any atom is -0.493 e. The molecule has 1 unspecified atom stereocenters. The van der Waals surface area contributed by atoms with Crippen molar-refractivity contribution >= 4 is 15.9 Å². The summed E-state index contributed by atoms with van der Waals surface area (Å²) < 4.78 is 12.3. The van der Waals surface area contributed by atoms with Crippen LogP contribution >= 0.6 is 15.9 Å². The topological polar surface area (TPSA) is 30.5 Å². The van der Waals surface area contributed by atoms with Crippen molar-refractivity contribution < 1.29 is 9.47 Å². The SMILES string of the molecule is COc1cc(C2(C)CCCN2)c(Br)c2c1OCC2. The summed E-state index contributed by atoms with van der Waals surface area (Å²) in [7, 11) is 1.71. The zero-order valence-electron chi connectivity index (χ0n) is 10.8. The average molecular weight is 312 g/mol. The summed E-state index contributed by atoms with van der Waals surface area (Å²) in [6.07, 6.45) is 3.34. The molecule has 0 bridgehead atoms. The van der Waals surface area contributed by atoms with Gasteiger partial charge in [0.05, 0.1) is 13.7 Å². The molecule has 4 heteroatoms. The second kappa shape index (κ2) is 4.42. The third-order valence-electron chi connectivity index (χ3n) is 4.06. The van der Waals surface area contributed by atoms with Gasteiger partial charge in [-0.25, -0.2) is 0 Å². The van der Waals surface area contributed by atoms with Crippen molar-refractivity contribution in [1.82, 2.24) is 5.32 Å². The Morgan fingerprint density at radius 1 is 1.50 bits per heavy atom. The number of fused-ring (bicyclic) bond motifs is 1. The van der Waals surface area contributed by atoms with Gasteiger partial charge >= 0.3 is 0 Å². The van der Waals surface area contributed by atoms with Crippen molar-refractivity contribution in [3.63, 3.8) is 0 Å². The van der Waals surface area contributed by atoms with Crippen molar-refractivity contribution in [3.8, 4) is 11.5 Å². The van der Waals surface area contributed by atoms with Gasteiger partial charge in [0.2, 0.25) is 0 Å². The number of hydrogen-bond donors (Lipinski definition) is 1. The van der Waals surface area contributed by atoms with Gasteiger partial charge in [0, 0.05) is 22.0 Å².